The Kier molecular flexibility index (Phi) is 7.25. The first-order valence-electron chi connectivity index (χ1n) is 6.31. The van der Waals surface area contributed by atoms with Gasteiger partial charge in [0.15, 0.2) is 0 Å². The van der Waals surface area contributed by atoms with E-state index in [1.165, 1.54) is 0 Å². The fraction of sp³-hybridized carbons (Fsp3) is 1.00. The van der Waals surface area contributed by atoms with Crippen LogP contribution in [-0.4, -0.2) is 54.5 Å². The van der Waals surface area contributed by atoms with E-state index in [2.05, 4.69) is 0 Å². The Morgan fingerprint density at radius 1 is 1.12 bits per heavy atom. The maximum atomic E-state index is 5.72. The van der Waals surface area contributed by atoms with Crippen molar-refractivity contribution in [1.29, 1.82) is 0 Å². The van der Waals surface area contributed by atoms with Crippen LogP contribution in [0.25, 0.3) is 0 Å². The van der Waals surface area contributed by atoms with E-state index in [-0.39, 0.29) is 0 Å². The molecule has 6 heteroatoms. The summed E-state index contributed by atoms with van der Waals surface area (Å²) in [6.45, 7) is 9.94. The fourth-order valence-electron chi connectivity index (χ4n) is 1.45. The van der Waals surface area contributed by atoms with Gasteiger partial charge in [-0.1, -0.05) is 0 Å². The van der Waals surface area contributed by atoms with Gasteiger partial charge in [0.1, 0.15) is 6.10 Å². The molecule has 1 fully saturated rings. The third-order valence-electron chi connectivity index (χ3n) is 2.32. The van der Waals surface area contributed by atoms with Crippen molar-refractivity contribution >= 4 is 8.80 Å². The lowest BCUT2D eigenvalue weighted by Gasteiger charge is -2.24. The lowest BCUT2D eigenvalue weighted by atomic mass is 10.5. The van der Waals surface area contributed by atoms with Crippen molar-refractivity contribution < 1.29 is 22.8 Å². The summed E-state index contributed by atoms with van der Waals surface area (Å²) in [5.74, 6) is 0. The van der Waals surface area contributed by atoms with Gasteiger partial charge in [-0.05, 0) is 20.3 Å². The van der Waals surface area contributed by atoms with E-state index in [1.54, 1.807) is 0 Å². The first kappa shape index (κ1) is 15.1. The zero-order valence-electron chi connectivity index (χ0n) is 11.1. The highest BCUT2D eigenvalue weighted by Gasteiger charge is 2.33. The molecule has 1 aliphatic heterocycles. The van der Waals surface area contributed by atoms with E-state index in [1.807, 2.05) is 20.4 Å². The largest absolute Gasteiger partial charge is 0.497 e. The molecule has 1 saturated heterocycles. The molecule has 0 aliphatic carbocycles. The molecule has 1 aliphatic rings. The normalized spacial score (nSPS) is 19.6. The lowest BCUT2D eigenvalue weighted by Crippen LogP contribution is -2.43. The van der Waals surface area contributed by atoms with Crippen molar-refractivity contribution in [2.75, 3.05) is 39.6 Å². The van der Waals surface area contributed by atoms with Crippen LogP contribution in [0.3, 0.4) is 0 Å². The van der Waals surface area contributed by atoms with Gasteiger partial charge >= 0.3 is 8.80 Å². The van der Waals surface area contributed by atoms with Gasteiger partial charge in [-0.25, -0.2) is 0 Å². The van der Waals surface area contributed by atoms with E-state index >= 15 is 0 Å². The molecule has 0 saturated carbocycles. The number of hydrogen-bond acceptors (Lipinski definition) is 5. The molecule has 0 aromatic carbocycles. The number of epoxide rings is 1. The maximum Gasteiger partial charge on any atom is 0.497 e. The molecule has 17 heavy (non-hydrogen) atoms. The first-order chi connectivity index (χ1) is 8.20. The Labute approximate surface area is 105 Å². The van der Waals surface area contributed by atoms with Crippen molar-refractivity contribution in [3.8, 4) is 0 Å². The van der Waals surface area contributed by atoms with E-state index in [4.69, 9.17) is 22.8 Å². The Morgan fingerprint density at radius 3 is 2.29 bits per heavy atom. The van der Waals surface area contributed by atoms with Gasteiger partial charge in [-0.3, -0.25) is 0 Å². The van der Waals surface area contributed by atoms with E-state index in [9.17, 15) is 0 Å². The predicted octanol–water partition coefficient (Wildman–Crippen LogP) is 1.45. The summed E-state index contributed by atoms with van der Waals surface area (Å²) in [7, 11) is -2.40. The van der Waals surface area contributed by atoms with Crippen molar-refractivity contribution in [3.05, 3.63) is 0 Å². The summed E-state index contributed by atoms with van der Waals surface area (Å²) in [4.78, 5) is 0. The van der Waals surface area contributed by atoms with Crippen LogP contribution in [0.2, 0.25) is 6.55 Å². The second-order valence-corrected chi connectivity index (χ2v) is 6.55. The zero-order valence-corrected chi connectivity index (χ0v) is 12.1. The summed E-state index contributed by atoms with van der Waals surface area (Å²) in [6, 6.07) is 0. The average Bonchev–Trinajstić information content (AvgIpc) is 3.08. The molecule has 1 unspecified atom stereocenters. The molecule has 0 spiro atoms. The van der Waals surface area contributed by atoms with Crippen molar-refractivity contribution in [3.63, 3.8) is 0 Å². The molecule has 0 aromatic rings. The van der Waals surface area contributed by atoms with E-state index < -0.39 is 8.80 Å². The van der Waals surface area contributed by atoms with Gasteiger partial charge in [-0.2, -0.15) is 0 Å². The standard InChI is InChI=1S/C11H24O5Si/c1-4-14-17(3,15-5-2)16-8-6-7-12-9-11-10-13-11/h11H,4-10H2,1-3H3. The Morgan fingerprint density at radius 2 is 1.76 bits per heavy atom. The maximum absolute atomic E-state index is 5.72. The average molecular weight is 264 g/mol. The Balaban J connectivity index is 2.00. The van der Waals surface area contributed by atoms with Crippen molar-refractivity contribution in [2.24, 2.45) is 0 Å². The number of hydrogen-bond donors (Lipinski definition) is 0. The van der Waals surface area contributed by atoms with Crippen LogP contribution in [0.15, 0.2) is 0 Å². The van der Waals surface area contributed by atoms with E-state index in [0.29, 0.717) is 39.1 Å². The minimum Gasteiger partial charge on any atom is -0.379 e. The SMILES string of the molecule is CCO[Si](C)(OCC)OCCCOCC1CO1. The fourth-order valence-corrected chi connectivity index (χ4v) is 3.26. The van der Waals surface area contributed by atoms with Gasteiger partial charge in [-0.15, -0.1) is 0 Å². The van der Waals surface area contributed by atoms with Crippen LogP contribution in [0, 0.1) is 0 Å². The van der Waals surface area contributed by atoms with Gasteiger partial charge in [0.2, 0.25) is 0 Å². The quantitative estimate of drug-likeness (QED) is 0.321. The molecule has 1 atom stereocenters. The summed E-state index contributed by atoms with van der Waals surface area (Å²) in [5.41, 5.74) is 0. The first-order valence-corrected chi connectivity index (χ1v) is 8.54. The van der Waals surface area contributed by atoms with Gasteiger partial charge in [0.25, 0.3) is 0 Å². The predicted molar refractivity (Wildman–Crippen MR) is 66.0 cm³/mol. The molecule has 1 heterocycles. The molecule has 0 N–H and O–H groups in total. The molecule has 1 rings (SSSR count). The highest BCUT2D eigenvalue weighted by Crippen LogP contribution is 2.10. The van der Waals surface area contributed by atoms with Crippen LogP contribution < -0.4 is 0 Å². The summed E-state index contributed by atoms with van der Waals surface area (Å²) >= 11 is 0. The third-order valence-corrected chi connectivity index (χ3v) is 4.67. The molecule has 0 bridgehead atoms. The van der Waals surface area contributed by atoms with Crippen molar-refractivity contribution in [2.45, 2.75) is 32.9 Å². The van der Waals surface area contributed by atoms with Crippen molar-refractivity contribution in [1.82, 2.24) is 0 Å². The van der Waals surface area contributed by atoms with Gasteiger partial charge < -0.3 is 22.8 Å². The molecule has 0 amide bonds. The van der Waals surface area contributed by atoms with Crippen LogP contribution >= 0.6 is 0 Å². The monoisotopic (exact) mass is 264 g/mol. The van der Waals surface area contributed by atoms with Gasteiger partial charge in [0.05, 0.1) is 13.2 Å². The zero-order chi connectivity index (χ0) is 12.6. The highest BCUT2D eigenvalue weighted by molar-refractivity contribution is 6.59. The molecular weight excluding hydrogens is 240 g/mol. The topological polar surface area (TPSA) is 49.5 Å². The molecule has 0 aromatic heterocycles. The summed E-state index contributed by atoms with van der Waals surface area (Å²) in [5, 5.41) is 0. The second kappa shape index (κ2) is 8.18. The highest BCUT2D eigenvalue weighted by atomic mass is 28.4. The lowest BCUT2D eigenvalue weighted by molar-refractivity contribution is 0.0573. The second-order valence-electron chi connectivity index (χ2n) is 3.96. The molecule has 5 nitrogen and oxygen atoms in total. The van der Waals surface area contributed by atoms with Crippen LogP contribution in [0.4, 0.5) is 0 Å². The summed E-state index contributed by atoms with van der Waals surface area (Å²) in [6.07, 6.45) is 1.19. The molecule has 102 valence electrons. The smallest absolute Gasteiger partial charge is 0.379 e. The molecular formula is C11H24O5Si. The van der Waals surface area contributed by atoms with Crippen LogP contribution in [0.5, 0.6) is 0 Å². The Hall–Kier alpha value is 0.0169. The summed E-state index contributed by atoms with van der Waals surface area (Å²) < 4.78 is 27.3. The minimum absolute atomic E-state index is 0.336. The van der Waals surface area contributed by atoms with Gasteiger partial charge in [0, 0.05) is 33.0 Å². The van der Waals surface area contributed by atoms with E-state index in [0.717, 1.165) is 13.0 Å². The van der Waals surface area contributed by atoms with Crippen LogP contribution in [-0.2, 0) is 22.8 Å². The molecule has 0 radical (unpaired) electrons. The number of ether oxygens (including phenoxy) is 2. The number of rotatable bonds is 11. The van der Waals surface area contributed by atoms with Crippen LogP contribution in [0.1, 0.15) is 20.3 Å². The minimum atomic E-state index is -2.40. The third kappa shape index (κ3) is 7.12. The Bertz CT molecular complexity index is 192.